The number of benzene rings is 1. The second-order valence-corrected chi connectivity index (χ2v) is 4.67. The van der Waals surface area contributed by atoms with Gasteiger partial charge in [0.1, 0.15) is 11.8 Å². The van der Waals surface area contributed by atoms with Crippen LogP contribution in [0.3, 0.4) is 0 Å². The fraction of sp³-hybridized carbons (Fsp3) is 0.533. The Kier molecular flexibility index (Phi) is 6.36. The zero-order chi connectivity index (χ0) is 14.3. The molecule has 1 atom stereocenters. The highest BCUT2D eigenvalue weighted by Gasteiger charge is 2.20. The van der Waals surface area contributed by atoms with Crippen molar-refractivity contribution in [1.82, 2.24) is 4.90 Å². The smallest absolute Gasteiger partial charge is 0.320 e. The number of rotatable bonds is 8. The van der Waals surface area contributed by atoms with E-state index in [-0.39, 0.29) is 0 Å². The summed E-state index contributed by atoms with van der Waals surface area (Å²) < 4.78 is 5.51. The number of nitrogens with zero attached hydrogens (tertiary/aromatic N) is 1. The first kappa shape index (κ1) is 15.5. The van der Waals surface area contributed by atoms with E-state index in [0.717, 1.165) is 24.3 Å². The van der Waals surface area contributed by atoms with Crippen molar-refractivity contribution in [3.63, 3.8) is 0 Å². The Labute approximate surface area is 115 Å². The van der Waals surface area contributed by atoms with Gasteiger partial charge in [0.15, 0.2) is 0 Å². The molecule has 0 aromatic heterocycles. The zero-order valence-electron chi connectivity index (χ0n) is 11.9. The van der Waals surface area contributed by atoms with E-state index >= 15 is 0 Å². The van der Waals surface area contributed by atoms with E-state index in [4.69, 9.17) is 9.84 Å². The molecule has 0 saturated carbocycles. The van der Waals surface area contributed by atoms with Crippen LogP contribution in [0.4, 0.5) is 0 Å². The molecule has 106 valence electrons. The second kappa shape index (κ2) is 7.79. The Morgan fingerprint density at radius 3 is 2.42 bits per heavy atom. The van der Waals surface area contributed by atoms with Crippen LogP contribution in [0.2, 0.25) is 0 Å². The number of carbonyl (C=O) groups is 1. The first-order valence-electron chi connectivity index (χ1n) is 6.73. The molecule has 1 aromatic rings. The number of aliphatic carboxylic acids is 1. The minimum Gasteiger partial charge on any atom is -0.494 e. The quantitative estimate of drug-likeness (QED) is 0.785. The predicted molar refractivity (Wildman–Crippen MR) is 75.4 cm³/mol. The van der Waals surface area contributed by atoms with Crippen LogP contribution in [0.1, 0.15) is 32.3 Å². The molecule has 19 heavy (non-hydrogen) atoms. The number of hydrogen-bond donors (Lipinski definition) is 1. The van der Waals surface area contributed by atoms with E-state index in [0.29, 0.717) is 13.0 Å². The molecule has 4 nitrogen and oxygen atoms in total. The van der Waals surface area contributed by atoms with E-state index in [1.54, 1.807) is 0 Å². The average Bonchev–Trinajstić information content (AvgIpc) is 2.38. The second-order valence-electron chi connectivity index (χ2n) is 4.67. The van der Waals surface area contributed by atoms with Gasteiger partial charge in [0.05, 0.1) is 6.61 Å². The monoisotopic (exact) mass is 265 g/mol. The summed E-state index contributed by atoms with van der Waals surface area (Å²) in [6.45, 7) is 5.30. The molecule has 0 amide bonds. The van der Waals surface area contributed by atoms with Crippen LogP contribution < -0.4 is 4.74 Å². The summed E-state index contributed by atoms with van der Waals surface area (Å²) in [5, 5.41) is 9.10. The summed E-state index contributed by atoms with van der Waals surface area (Å²) in [6, 6.07) is 7.39. The summed E-state index contributed by atoms with van der Waals surface area (Å²) in [6.07, 6.45) is 1.59. The molecule has 1 unspecified atom stereocenters. The molecular weight excluding hydrogens is 242 g/mol. The largest absolute Gasteiger partial charge is 0.494 e. The lowest BCUT2D eigenvalue weighted by molar-refractivity contribution is -0.143. The molecule has 0 fully saturated rings. The zero-order valence-corrected chi connectivity index (χ0v) is 11.9. The van der Waals surface area contributed by atoms with Crippen molar-refractivity contribution in [2.45, 2.75) is 39.3 Å². The Bertz CT molecular complexity index is 389. The van der Waals surface area contributed by atoms with Gasteiger partial charge in [-0.25, -0.2) is 0 Å². The van der Waals surface area contributed by atoms with Crippen molar-refractivity contribution in [2.75, 3.05) is 13.7 Å². The first-order chi connectivity index (χ1) is 9.08. The summed E-state index contributed by atoms with van der Waals surface area (Å²) >= 11 is 0. The Balaban J connectivity index is 2.59. The van der Waals surface area contributed by atoms with Crippen LogP contribution in [0.25, 0.3) is 0 Å². The molecule has 1 rings (SSSR count). The lowest BCUT2D eigenvalue weighted by Gasteiger charge is -2.23. The molecule has 0 saturated heterocycles. The summed E-state index contributed by atoms with van der Waals surface area (Å²) in [5.74, 6) is 0.0893. The lowest BCUT2D eigenvalue weighted by Crippen LogP contribution is -2.37. The Hall–Kier alpha value is -1.55. The third kappa shape index (κ3) is 4.91. The highest BCUT2D eigenvalue weighted by Crippen LogP contribution is 2.15. The van der Waals surface area contributed by atoms with Gasteiger partial charge in [-0.15, -0.1) is 0 Å². The molecule has 0 radical (unpaired) electrons. The predicted octanol–water partition coefficient (Wildman–Crippen LogP) is 2.77. The van der Waals surface area contributed by atoms with E-state index in [2.05, 4.69) is 6.92 Å². The minimum atomic E-state index is -0.770. The van der Waals surface area contributed by atoms with Gasteiger partial charge in [0.2, 0.25) is 0 Å². The highest BCUT2D eigenvalue weighted by molar-refractivity contribution is 5.73. The number of carboxylic acids is 1. The van der Waals surface area contributed by atoms with E-state index in [1.807, 2.05) is 43.1 Å². The summed E-state index contributed by atoms with van der Waals surface area (Å²) in [4.78, 5) is 12.9. The van der Waals surface area contributed by atoms with Crippen molar-refractivity contribution in [2.24, 2.45) is 0 Å². The number of hydrogen-bond acceptors (Lipinski definition) is 3. The van der Waals surface area contributed by atoms with Crippen molar-refractivity contribution >= 4 is 5.97 Å². The standard InChI is InChI=1S/C15H23NO3/c1-4-10-19-13-8-6-12(7-9-13)11-16(3)14(5-2)15(17)18/h6-9,14H,4-5,10-11H2,1-3H3,(H,17,18). The SMILES string of the molecule is CCCOc1ccc(CN(C)C(CC)C(=O)O)cc1. The van der Waals surface area contributed by atoms with Gasteiger partial charge in [-0.1, -0.05) is 26.0 Å². The first-order valence-corrected chi connectivity index (χ1v) is 6.73. The average molecular weight is 265 g/mol. The normalized spacial score (nSPS) is 12.4. The number of likely N-dealkylation sites (N-methyl/N-ethyl adjacent to an activating group) is 1. The maximum Gasteiger partial charge on any atom is 0.320 e. The number of ether oxygens (including phenoxy) is 1. The Morgan fingerprint density at radius 2 is 1.95 bits per heavy atom. The maximum absolute atomic E-state index is 11.1. The van der Waals surface area contributed by atoms with E-state index in [9.17, 15) is 4.79 Å². The summed E-state index contributed by atoms with van der Waals surface area (Å²) in [5.41, 5.74) is 1.09. The van der Waals surface area contributed by atoms with Crippen LogP contribution in [-0.4, -0.2) is 35.7 Å². The number of carboxylic acid groups (broad SMARTS) is 1. The van der Waals surface area contributed by atoms with Gasteiger partial charge in [-0.05, 0) is 37.6 Å². The van der Waals surface area contributed by atoms with Crippen molar-refractivity contribution in [3.05, 3.63) is 29.8 Å². The molecule has 0 aliphatic rings. The molecule has 0 bridgehead atoms. The van der Waals surface area contributed by atoms with Crippen LogP contribution >= 0.6 is 0 Å². The summed E-state index contributed by atoms with van der Waals surface area (Å²) in [7, 11) is 1.84. The van der Waals surface area contributed by atoms with Crippen LogP contribution in [0, 0.1) is 0 Å². The Morgan fingerprint density at radius 1 is 1.32 bits per heavy atom. The molecule has 0 heterocycles. The van der Waals surface area contributed by atoms with Crippen molar-refractivity contribution < 1.29 is 14.6 Å². The van der Waals surface area contributed by atoms with Gasteiger partial charge in [0, 0.05) is 6.54 Å². The third-order valence-corrected chi connectivity index (χ3v) is 3.03. The van der Waals surface area contributed by atoms with Gasteiger partial charge in [0.25, 0.3) is 0 Å². The molecule has 0 aliphatic heterocycles. The van der Waals surface area contributed by atoms with E-state index < -0.39 is 12.0 Å². The molecule has 0 spiro atoms. The van der Waals surface area contributed by atoms with Crippen LogP contribution in [0.15, 0.2) is 24.3 Å². The topological polar surface area (TPSA) is 49.8 Å². The minimum absolute atomic E-state index is 0.434. The van der Waals surface area contributed by atoms with Crippen molar-refractivity contribution in [1.29, 1.82) is 0 Å². The third-order valence-electron chi connectivity index (χ3n) is 3.03. The van der Waals surface area contributed by atoms with Crippen LogP contribution in [-0.2, 0) is 11.3 Å². The fourth-order valence-electron chi connectivity index (χ4n) is 1.98. The molecule has 0 aliphatic carbocycles. The van der Waals surface area contributed by atoms with Gasteiger partial charge in [-0.2, -0.15) is 0 Å². The fourth-order valence-corrected chi connectivity index (χ4v) is 1.98. The molecule has 1 N–H and O–H groups in total. The van der Waals surface area contributed by atoms with Crippen LogP contribution in [0.5, 0.6) is 5.75 Å². The molecular formula is C15H23NO3. The molecule has 4 heteroatoms. The van der Waals surface area contributed by atoms with Gasteiger partial charge >= 0.3 is 5.97 Å². The maximum atomic E-state index is 11.1. The highest BCUT2D eigenvalue weighted by atomic mass is 16.5. The van der Waals surface area contributed by atoms with E-state index in [1.165, 1.54) is 0 Å². The lowest BCUT2D eigenvalue weighted by atomic mass is 10.1. The molecule has 1 aromatic carbocycles. The van der Waals surface area contributed by atoms with Crippen molar-refractivity contribution in [3.8, 4) is 5.75 Å². The van der Waals surface area contributed by atoms with Gasteiger partial charge < -0.3 is 9.84 Å². The van der Waals surface area contributed by atoms with Gasteiger partial charge in [-0.3, -0.25) is 9.69 Å².